The number of nitrogens with zero attached hydrogens (tertiary/aromatic N) is 1. The van der Waals surface area contributed by atoms with Gasteiger partial charge in [-0.1, -0.05) is 13.8 Å². The van der Waals surface area contributed by atoms with Gasteiger partial charge in [0.25, 0.3) is 0 Å². The molecule has 0 saturated heterocycles. The minimum atomic E-state index is -3.36. The first-order valence-electron chi connectivity index (χ1n) is 7.31. The molecule has 6 heteroatoms. The van der Waals surface area contributed by atoms with Crippen LogP contribution in [0.15, 0.2) is 10.3 Å². The Balaban J connectivity index is 2.26. The maximum Gasteiger partial charge on any atom is 0.244 e. The van der Waals surface area contributed by atoms with Crippen molar-refractivity contribution in [1.29, 1.82) is 0 Å². The zero-order chi connectivity index (χ0) is 14.8. The Morgan fingerprint density at radius 3 is 2.65 bits per heavy atom. The molecule has 20 heavy (non-hydrogen) atoms. The van der Waals surface area contributed by atoms with Crippen molar-refractivity contribution in [2.45, 2.75) is 57.5 Å². The van der Waals surface area contributed by atoms with Crippen LogP contribution in [0.3, 0.4) is 0 Å². The van der Waals surface area contributed by atoms with Gasteiger partial charge in [-0.3, -0.25) is 0 Å². The Bertz CT molecular complexity index is 548. The Kier molecular flexibility index (Phi) is 5.23. The van der Waals surface area contributed by atoms with Gasteiger partial charge in [0.05, 0.1) is 0 Å². The van der Waals surface area contributed by atoms with Gasteiger partial charge in [0.15, 0.2) is 0 Å². The van der Waals surface area contributed by atoms with Crippen molar-refractivity contribution in [3.63, 3.8) is 0 Å². The van der Waals surface area contributed by atoms with Crippen molar-refractivity contribution in [1.82, 2.24) is 9.62 Å². The van der Waals surface area contributed by atoms with Gasteiger partial charge in [-0.25, -0.2) is 8.42 Å². The van der Waals surface area contributed by atoms with E-state index in [9.17, 15) is 8.42 Å². The van der Waals surface area contributed by atoms with Crippen molar-refractivity contribution in [3.05, 3.63) is 15.8 Å². The van der Waals surface area contributed by atoms with E-state index in [1.54, 1.807) is 15.6 Å². The summed E-state index contributed by atoms with van der Waals surface area (Å²) in [5, 5.41) is 5.37. The van der Waals surface area contributed by atoms with Gasteiger partial charge in [0.1, 0.15) is 4.90 Å². The Hall–Kier alpha value is -0.430. The predicted octanol–water partition coefficient (Wildman–Crippen LogP) is 2.73. The minimum Gasteiger partial charge on any atom is -0.309 e. The fraction of sp³-hybridized carbons (Fsp3) is 0.714. The lowest BCUT2D eigenvalue weighted by atomic mass is 10.3. The highest BCUT2D eigenvalue weighted by molar-refractivity contribution is 7.89. The van der Waals surface area contributed by atoms with Gasteiger partial charge in [0.2, 0.25) is 10.0 Å². The fourth-order valence-corrected chi connectivity index (χ4v) is 5.56. The maximum atomic E-state index is 12.8. The molecule has 0 atom stereocenters. The van der Waals surface area contributed by atoms with Crippen molar-refractivity contribution in [2.24, 2.45) is 0 Å². The molecule has 1 N–H and O–H groups in total. The van der Waals surface area contributed by atoms with Gasteiger partial charge < -0.3 is 5.32 Å². The number of hydrogen-bond donors (Lipinski definition) is 1. The summed E-state index contributed by atoms with van der Waals surface area (Å²) >= 11 is 1.55. The van der Waals surface area contributed by atoms with Crippen LogP contribution in [-0.2, 0) is 16.6 Å². The molecule has 1 heterocycles. The van der Waals surface area contributed by atoms with E-state index in [-0.39, 0.29) is 0 Å². The normalized spacial score (nSPS) is 16.0. The van der Waals surface area contributed by atoms with Gasteiger partial charge in [-0.2, -0.15) is 4.31 Å². The molecule has 114 valence electrons. The number of thiophene rings is 1. The molecule has 0 spiro atoms. The van der Waals surface area contributed by atoms with Gasteiger partial charge in [0, 0.05) is 30.6 Å². The largest absolute Gasteiger partial charge is 0.309 e. The molecule has 0 unspecified atom stereocenters. The lowest BCUT2D eigenvalue weighted by Gasteiger charge is -2.20. The first-order chi connectivity index (χ1) is 9.50. The fourth-order valence-electron chi connectivity index (χ4n) is 2.31. The first-order valence-corrected chi connectivity index (χ1v) is 9.63. The number of sulfonamides is 1. The zero-order valence-corrected chi connectivity index (χ0v) is 14.1. The summed E-state index contributed by atoms with van der Waals surface area (Å²) in [6.45, 7) is 7.58. The molecular formula is C14H24N2O2S2. The lowest BCUT2D eigenvalue weighted by molar-refractivity contribution is 0.426. The second kappa shape index (κ2) is 6.56. The molecule has 0 radical (unpaired) electrons. The summed E-state index contributed by atoms with van der Waals surface area (Å²) < 4.78 is 27.2. The van der Waals surface area contributed by atoms with Gasteiger partial charge >= 0.3 is 0 Å². The average Bonchev–Trinajstić information content (AvgIpc) is 3.15. The molecule has 1 fully saturated rings. The molecular weight excluding hydrogens is 292 g/mol. The lowest BCUT2D eigenvalue weighted by Crippen LogP contribution is -2.32. The quantitative estimate of drug-likeness (QED) is 0.802. The van der Waals surface area contributed by atoms with Crippen molar-refractivity contribution in [3.8, 4) is 0 Å². The minimum absolute atomic E-state index is 0.529. The summed E-state index contributed by atoms with van der Waals surface area (Å²) in [4.78, 5) is 1.48. The third-order valence-electron chi connectivity index (χ3n) is 3.54. The highest BCUT2D eigenvalue weighted by Gasteiger charge is 2.29. The number of aryl methyl sites for hydroxylation is 1. The highest BCUT2D eigenvalue weighted by Crippen LogP contribution is 2.30. The average molecular weight is 316 g/mol. The molecule has 1 aromatic heterocycles. The Morgan fingerprint density at radius 2 is 2.10 bits per heavy atom. The van der Waals surface area contributed by atoms with Crippen LogP contribution in [0.1, 0.15) is 43.6 Å². The maximum absolute atomic E-state index is 12.8. The summed E-state index contributed by atoms with van der Waals surface area (Å²) in [6.07, 6.45) is 3.26. The van der Waals surface area contributed by atoms with E-state index < -0.39 is 10.0 Å². The predicted molar refractivity (Wildman–Crippen MR) is 83.6 cm³/mol. The van der Waals surface area contributed by atoms with Crippen LogP contribution >= 0.6 is 11.3 Å². The van der Waals surface area contributed by atoms with Crippen molar-refractivity contribution in [2.75, 3.05) is 13.1 Å². The van der Waals surface area contributed by atoms with E-state index in [2.05, 4.69) is 5.32 Å². The molecule has 4 nitrogen and oxygen atoms in total. The number of nitrogens with one attached hydrogen (secondary N) is 1. The highest BCUT2D eigenvalue weighted by atomic mass is 32.2. The summed E-state index contributed by atoms with van der Waals surface area (Å²) in [5.41, 5.74) is 0.872. The smallest absolute Gasteiger partial charge is 0.244 e. The Morgan fingerprint density at radius 1 is 1.40 bits per heavy atom. The van der Waals surface area contributed by atoms with E-state index in [1.807, 2.05) is 26.2 Å². The van der Waals surface area contributed by atoms with E-state index in [1.165, 1.54) is 12.8 Å². The second-order valence-electron chi connectivity index (χ2n) is 5.32. The molecule has 0 aliphatic heterocycles. The van der Waals surface area contributed by atoms with E-state index in [0.717, 1.165) is 16.9 Å². The van der Waals surface area contributed by atoms with Crippen LogP contribution in [0.25, 0.3) is 0 Å². The molecule has 0 bridgehead atoms. The molecule has 1 aliphatic rings. The first kappa shape index (κ1) is 15.9. The Labute approximate surface area is 126 Å². The standard InChI is InChI=1S/C14H24N2O2S2/c1-4-8-16(5-2)20(17,18)14-11(3)10-19-13(14)9-15-12-6-7-12/h10,12,15H,4-9H2,1-3H3. The zero-order valence-electron chi connectivity index (χ0n) is 12.5. The van der Waals surface area contributed by atoms with Crippen LogP contribution in [-0.4, -0.2) is 31.9 Å². The summed E-state index contributed by atoms with van der Waals surface area (Å²) in [7, 11) is -3.36. The third-order valence-corrected chi connectivity index (χ3v) is 6.98. The van der Waals surface area contributed by atoms with E-state index in [4.69, 9.17) is 0 Å². The summed E-state index contributed by atoms with van der Waals surface area (Å²) in [6, 6.07) is 0.589. The molecule has 1 saturated carbocycles. The van der Waals surface area contributed by atoms with Crippen LogP contribution < -0.4 is 5.32 Å². The van der Waals surface area contributed by atoms with Crippen LogP contribution in [0.5, 0.6) is 0 Å². The third kappa shape index (κ3) is 3.42. The number of hydrogen-bond acceptors (Lipinski definition) is 4. The van der Waals surface area contributed by atoms with Gasteiger partial charge in [-0.05, 0) is 37.1 Å². The van der Waals surface area contributed by atoms with Gasteiger partial charge in [-0.15, -0.1) is 11.3 Å². The molecule has 2 rings (SSSR count). The van der Waals surface area contributed by atoms with E-state index >= 15 is 0 Å². The van der Waals surface area contributed by atoms with Crippen LogP contribution in [0, 0.1) is 6.92 Å². The molecule has 1 aliphatic carbocycles. The molecule has 1 aromatic rings. The topological polar surface area (TPSA) is 49.4 Å². The monoisotopic (exact) mass is 316 g/mol. The number of rotatable bonds is 8. The van der Waals surface area contributed by atoms with Crippen molar-refractivity contribution >= 4 is 21.4 Å². The van der Waals surface area contributed by atoms with Crippen molar-refractivity contribution < 1.29 is 8.42 Å². The van der Waals surface area contributed by atoms with Crippen LogP contribution in [0.4, 0.5) is 0 Å². The summed E-state index contributed by atoms with van der Waals surface area (Å²) in [5.74, 6) is 0. The second-order valence-corrected chi connectivity index (χ2v) is 8.16. The van der Waals surface area contributed by atoms with E-state index in [0.29, 0.717) is 30.6 Å². The SMILES string of the molecule is CCCN(CC)S(=O)(=O)c1c(C)csc1CNC1CC1. The molecule has 0 amide bonds. The molecule has 0 aromatic carbocycles. The van der Waals surface area contributed by atoms with Crippen LogP contribution in [0.2, 0.25) is 0 Å².